The molecule has 0 radical (unpaired) electrons. The van der Waals surface area contributed by atoms with E-state index >= 15 is 0 Å². The van der Waals surface area contributed by atoms with Gasteiger partial charge in [-0.1, -0.05) is 31.5 Å². The largest absolute Gasteiger partial charge is 0.381 e. The van der Waals surface area contributed by atoms with Crippen LogP contribution in [0, 0.1) is 5.92 Å². The van der Waals surface area contributed by atoms with Crippen molar-refractivity contribution < 1.29 is 4.74 Å². The zero-order valence-electron chi connectivity index (χ0n) is 12.8. The Morgan fingerprint density at radius 3 is 2.80 bits per heavy atom. The minimum atomic E-state index is 0.575. The van der Waals surface area contributed by atoms with Crippen LogP contribution in [0.5, 0.6) is 0 Å². The van der Waals surface area contributed by atoms with Crippen molar-refractivity contribution in [2.75, 3.05) is 38.3 Å². The number of unbranched alkanes of at least 4 members (excludes halogenated alkanes) is 1. The van der Waals surface area contributed by atoms with E-state index in [1.807, 2.05) is 0 Å². The van der Waals surface area contributed by atoms with Crippen molar-refractivity contribution in [1.29, 1.82) is 0 Å². The summed E-state index contributed by atoms with van der Waals surface area (Å²) in [4.78, 5) is 2.52. The molecule has 1 heterocycles. The quantitative estimate of drug-likeness (QED) is 0.829. The Bertz CT molecular complexity index is 369. The van der Waals surface area contributed by atoms with Gasteiger partial charge in [0.05, 0.1) is 6.61 Å². The molecule has 20 heavy (non-hydrogen) atoms. The molecule has 1 aromatic carbocycles. The van der Waals surface area contributed by atoms with Crippen LogP contribution in [0.2, 0.25) is 0 Å². The molecule has 0 amide bonds. The molecule has 1 aromatic rings. The SMILES string of the molecule is CCCCN(CC1COCCC1NC)c1ccccc1. The summed E-state index contributed by atoms with van der Waals surface area (Å²) in [5, 5.41) is 3.46. The van der Waals surface area contributed by atoms with Crippen LogP contribution in [0.4, 0.5) is 5.69 Å². The Morgan fingerprint density at radius 2 is 2.10 bits per heavy atom. The summed E-state index contributed by atoms with van der Waals surface area (Å²) >= 11 is 0. The molecular formula is C17H28N2O. The van der Waals surface area contributed by atoms with Gasteiger partial charge in [-0.3, -0.25) is 0 Å². The lowest BCUT2D eigenvalue weighted by atomic mass is 9.95. The highest BCUT2D eigenvalue weighted by Crippen LogP contribution is 2.21. The predicted octanol–water partition coefficient (Wildman–Crippen LogP) is 2.92. The lowest BCUT2D eigenvalue weighted by Crippen LogP contribution is -2.47. The number of para-hydroxylation sites is 1. The maximum atomic E-state index is 5.69. The maximum Gasteiger partial charge on any atom is 0.0526 e. The van der Waals surface area contributed by atoms with Crippen molar-refractivity contribution in [2.45, 2.75) is 32.2 Å². The van der Waals surface area contributed by atoms with Crippen LogP contribution >= 0.6 is 0 Å². The van der Waals surface area contributed by atoms with Gasteiger partial charge in [0, 0.05) is 37.3 Å². The van der Waals surface area contributed by atoms with E-state index in [9.17, 15) is 0 Å². The molecule has 3 nitrogen and oxygen atoms in total. The fourth-order valence-corrected chi connectivity index (χ4v) is 2.95. The number of rotatable bonds is 7. The third-order valence-electron chi connectivity index (χ3n) is 4.20. The Labute approximate surface area is 123 Å². The van der Waals surface area contributed by atoms with Crippen LogP contribution in [-0.2, 0) is 4.74 Å². The molecule has 3 heteroatoms. The van der Waals surface area contributed by atoms with Crippen molar-refractivity contribution in [3.8, 4) is 0 Å². The third-order valence-corrected chi connectivity index (χ3v) is 4.20. The van der Waals surface area contributed by atoms with E-state index in [4.69, 9.17) is 4.74 Å². The second kappa shape index (κ2) is 8.28. The number of hydrogen-bond donors (Lipinski definition) is 1. The van der Waals surface area contributed by atoms with E-state index in [0.29, 0.717) is 12.0 Å². The number of hydrogen-bond acceptors (Lipinski definition) is 3. The fraction of sp³-hybridized carbons (Fsp3) is 0.647. The van der Waals surface area contributed by atoms with Crippen molar-refractivity contribution in [3.63, 3.8) is 0 Å². The van der Waals surface area contributed by atoms with E-state index in [1.165, 1.54) is 18.5 Å². The fourth-order valence-electron chi connectivity index (χ4n) is 2.95. The van der Waals surface area contributed by atoms with Crippen LogP contribution in [0.25, 0.3) is 0 Å². The van der Waals surface area contributed by atoms with Crippen molar-refractivity contribution in [3.05, 3.63) is 30.3 Å². The van der Waals surface area contributed by atoms with Gasteiger partial charge in [-0.25, -0.2) is 0 Å². The van der Waals surface area contributed by atoms with Crippen molar-refractivity contribution in [2.24, 2.45) is 5.92 Å². The molecular weight excluding hydrogens is 248 g/mol. The molecule has 1 fully saturated rings. The average molecular weight is 276 g/mol. The van der Waals surface area contributed by atoms with Gasteiger partial charge >= 0.3 is 0 Å². The second-order valence-corrected chi connectivity index (χ2v) is 5.65. The lowest BCUT2D eigenvalue weighted by molar-refractivity contribution is 0.0367. The van der Waals surface area contributed by atoms with Gasteiger partial charge < -0.3 is 15.0 Å². The first-order valence-corrected chi connectivity index (χ1v) is 7.90. The molecule has 2 rings (SSSR count). The van der Waals surface area contributed by atoms with Gasteiger partial charge in [-0.15, -0.1) is 0 Å². The summed E-state index contributed by atoms with van der Waals surface area (Å²) in [5.41, 5.74) is 1.33. The van der Waals surface area contributed by atoms with Crippen LogP contribution in [0.3, 0.4) is 0 Å². The molecule has 0 saturated carbocycles. The van der Waals surface area contributed by atoms with E-state index in [-0.39, 0.29) is 0 Å². The number of ether oxygens (including phenoxy) is 1. The highest BCUT2D eigenvalue weighted by Gasteiger charge is 2.26. The minimum absolute atomic E-state index is 0.575. The molecule has 0 aromatic heterocycles. The molecule has 0 bridgehead atoms. The normalized spacial score (nSPS) is 22.7. The first-order chi connectivity index (χ1) is 9.85. The van der Waals surface area contributed by atoms with E-state index < -0.39 is 0 Å². The molecule has 1 N–H and O–H groups in total. The van der Waals surface area contributed by atoms with Crippen LogP contribution in [0.1, 0.15) is 26.2 Å². The van der Waals surface area contributed by atoms with Gasteiger partial charge in [-0.2, -0.15) is 0 Å². The van der Waals surface area contributed by atoms with Gasteiger partial charge in [-0.05, 0) is 32.0 Å². The second-order valence-electron chi connectivity index (χ2n) is 5.65. The number of nitrogens with zero attached hydrogens (tertiary/aromatic N) is 1. The average Bonchev–Trinajstić information content (AvgIpc) is 2.52. The van der Waals surface area contributed by atoms with Crippen molar-refractivity contribution in [1.82, 2.24) is 5.32 Å². The van der Waals surface area contributed by atoms with Gasteiger partial charge in [0.2, 0.25) is 0 Å². The zero-order valence-corrected chi connectivity index (χ0v) is 12.8. The van der Waals surface area contributed by atoms with Gasteiger partial charge in [0.15, 0.2) is 0 Å². The van der Waals surface area contributed by atoms with Crippen molar-refractivity contribution >= 4 is 5.69 Å². The lowest BCUT2D eigenvalue weighted by Gasteiger charge is -2.36. The number of benzene rings is 1. The monoisotopic (exact) mass is 276 g/mol. The molecule has 2 unspecified atom stereocenters. The number of anilines is 1. The first-order valence-electron chi connectivity index (χ1n) is 7.90. The Morgan fingerprint density at radius 1 is 1.30 bits per heavy atom. The maximum absolute atomic E-state index is 5.69. The highest BCUT2D eigenvalue weighted by molar-refractivity contribution is 5.46. The smallest absolute Gasteiger partial charge is 0.0526 e. The molecule has 1 aliphatic rings. The molecule has 0 spiro atoms. The summed E-state index contributed by atoms with van der Waals surface area (Å²) in [7, 11) is 2.07. The van der Waals surface area contributed by atoms with Gasteiger partial charge in [0.1, 0.15) is 0 Å². The topological polar surface area (TPSA) is 24.5 Å². The summed E-state index contributed by atoms with van der Waals surface area (Å²) in [6, 6.07) is 11.3. The summed E-state index contributed by atoms with van der Waals surface area (Å²) in [6.07, 6.45) is 3.60. The van der Waals surface area contributed by atoms with Crippen LogP contribution in [0.15, 0.2) is 30.3 Å². The minimum Gasteiger partial charge on any atom is -0.381 e. The van der Waals surface area contributed by atoms with E-state index in [2.05, 4.69) is 54.5 Å². The number of nitrogens with one attached hydrogen (secondary N) is 1. The van der Waals surface area contributed by atoms with Crippen LogP contribution < -0.4 is 10.2 Å². The van der Waals surface area contributed by atoms with E-state index in [1.54, 1.807) is 0 Å². The summed E-state index contributed by atoms with van der Waals surface area (Å²) < 4.78 is 5.69. The molecule has 1 aliphatic heterocycles. The Kier molecular flexibility index (Phi) is 6.34. The Balaban J connectivity index is 2.03. The zero-order chi connectivity index (χ0) is 14.2. The predicted molar refractivity (Wildman–Crippen MR) is 85.3 cm³/mol. The summed E-state index contributed by atoms with van der Waals surface area (Å²) in [6.45, 7) is 6.23. The van der Waals surface area contributed by atoms with Gasteiger partial charge in [0.25, 0.3) is 0 Å². The molecule has 112 valence electrons. The molecule has 2 atom stereocenters. The standard InChI is InChI=1S/C17H28N2O/c1-3-4-11-19(16-8-6-5-7-9-16)13-15-14-20-12-10-17(15)18-2/h5-9,15,17-18H,3-4,10-14H2,1-2H3. The van der Waals surface area contributed by atoms with Crippen LogP contribution in [-0.4, -0.2) is 39.4 Å². The first kappa shape index (κ1) is 15.3. The highest BCUT2D eigenvalue weighted by atomic mass is 16.5. The third kappa shape index (κ3) is 4.22. The molecule has 0 aliphatic carbocycles. The van der Waals surface area contributed by atoms with E-state index in [0.717, 1.165) is 32.7 Å². The summed E-state index contributed by atoms with van der Waals surface area (Å²) in [5.74, 6) is 0.575. The molecule has 1 saturated heterocycles. The Hall–Kier alpha value is -1.06.